The van der Waals surface area contributed by atoms with Gasteiger partial charge >= 0.3 is 0 Å². The number of fused-ring (bicyclic) bond motifs is 2. The van der Waals surface area contributed by atoms with Gasteiger partial charge in [0.05, 0.1) is 23.7 Å². The smallest absolute Gasteiger partial charge is 0.296 e. The largest absolute Gasteiger partial charge is 0.375 e. The van der Waals surface area contributed by atoms with Gasteiger partial charge in [-0.05, 0) is 44.7 Å². The van der Waals surface area contributed by atoms with Crippen molar-refractivity contribution in [2.45, 2.75) is 37.2 Å². The lowest BCUT2D eigenvalue weighted by atomic mass is 9.64. The number of benzene rings is 1. The molecule has 1 aliphatic carbocycles. The van der Waals surface area contributed by atoms with E-state index in [0.717, 1.165) is 18.4 Å². The molecule has 4 nitrogen and oxygen atoms in total. The van der Waals surface area contributed by atoms with E-state index in [0.29, 0.717) is 12.5 Å². The van der Waals surface area contributed by atoms with E-state index in [9.17, 15) is 8.42 Å². The van der Waals surface area contributed by atoms with Gasteiger partial charge in [-0.2, -0.15) is 8.42 Å². The quantitative estimate of drug-likeness (QED) is 0.801. The van der Waals surface area contributed by atoms with Gasteiger partial charge in [0.15, 0.2) is 0 Å². The molecule has 1 unspecified atom stereocenters. The Morgan fingerprint density at radius 1 is 1.30 bits per heavy atom. The van der Waals surface area contributed by atoms with Gasteiger partial charge in [-0.25, -0.2) is 0 Å². The van der Waals surface area contributed by atoms with Crippen LogP contribution in [0, 0.1) is 18.8 Å². The van der Waals surface area contributed by atoms with E-state index in [1.165, 1.54) is 0 Å². The molecule has 0 amide bonds. The van der Waals surface area contributed by atoms with Gasteiger partial charge in [-0.1, -0.05) is 17.7 Å². The second kappa shape index (κ2) is 4.83. The molecule has 1 atom stereocenters. The maximum atomic E-state index is 12.1. The molecule has 2 aliphatic heterocycles. The van der Waals surface area contributed by atoms with E-state index >= 15 is 0 Å². The molecule has 4 rings (SSSR count). The summed E-state index contributed by atoms with van der Waals surface area (Å²) in [5, 5.41) is 0. The fraction of sp³-hybridized carbons (Fsp3) is 0.600. The molecule has 20 heavy (non-hydrogen) atoms. The molecule has 0 N–H and O–H groups in total. The summed E-state index contributed by atoms with van der Waals surface area (Å²) in [6.45, 7) is 4.86. The Labute approximate surface area is 120 Å². The van der Waals surface area contributed by atoms with Crippen LogP contribution in [-0.2, 0) is 19.0 Å². The summed E-state index contributed by atoms with van der Waals surface area (Å²) >= 11 is 0. The van der Waals surface area contributed by atoms with Crippen LogP contribution < -0.4 is 0 Å². The van der Waals surface area contributed by atoms with E-state index in [-0.39, 0.29) is 23.0 Å². The van der Waals surface area contributed by atoms with Crippen LogP contribution in [0.25, 0.3) is 0 Å². The van der Waals surface area contributed by atoms with Crippen LogP contribution >= 0.6 is 0 Å². The fourth-order valence-corrected chi connectivity index (χ4v) is 4.04. The highest BCUT2D eigenvalue weighted by molar-refractivity contribution is 7.86. The van der Waals surface area contributed by atoms with Crippen LogP contribution in [0.1, 0.15) is 25.3 Å². The first kappa shape index (κ1) is 14.0. The van der Waals surface area contributed by atoms with E-state index in [4.69, 9.17) is 8.92 Å². The lowest BCUT2D eigenvalue weighted by Gasteiger charge is -2.53. The average Bonchev–Trinajstić information content (AvgIpc) is 2.37. The van der Waals surface area contributed by atoms with Crippen LogP contribution in [-0.4, -0.2) is 27.2 Å². The van der Waals surface area contributed by atoms with Gasteiger partial charge in [0.2, 0.25) is 0 Å². The molecular formula is C15H20O4S. The van der Waals surface area contributed by atoms with Crippen molar-refractivity contribution in [1.29, 1.82) is 0 Å². The SMILES string of the molecule is Cc1ccc(S(=O)(=O)OCC2COC3(C)CC2C3)cc1. The van der Waals surface area contributed by atoms with E-state index in [2.05, 4.69) is 6.92 Å². The summed E-state index contributed by atoms with van der Waals surface area (Å²) < 4.78 is 35.2. The zero-order chi connectivity index (χ0) is 14.4. The van der Waals surface area contributed by atoms with Gasteiger partial charge < -0.3 is 4.74 Å². The second-order valence-corrected chi connectivity index (χ2v) is 7.86. The van der Waals surface area contributed by atoms with Crippen molar-refractivity contribution in [1.82, 2.24) is 0 Å². The topological polar surface area (TPSA) is 52.6 Å². The first-order chi connectivity index (χ1) is 9.38. The predicted octanol–water partition coefficient (Wildman–Crippen LogP) is 2.52. The number of hydrogen-bond acceptors (Lipinski definition) is 4. The Morgan fingerprint density at radius 3 is 2.50 bits per heavy atom. The van der Waals surface area contributed by atoms with Crippen molar-refractivity contribution in [2.24, 2.45) is 11.8 Å². The Kier molecular flexibility index (Phi) is 3.39. The summed E-state index contributed by atoms with van der Waals surface area (Å²) in [6, 6.07) is 6.72. The molecule has 0 spiro atoms. The predicted molar refractivity (Wildman–Crippen MR) is 74.9 cm³/mol. The van der Waals surface area contributed by atoms with Gasteiger partial charge in [0.25, 0.3) is 10.1 Å². The molecule has 3 aliphatic rings. The highest BCUT2D eigenvalue weighted by atomic mass is 32.2. The Balaban J connectivity index is 1.61. The van der Waals surface area contributed by atoms with Crippen molar-refractivity contribution >= 4 is 10.1 Å². The Hall–Kier alpha value is -0.910. The lowest BCUT2D eigenvalue weighted by Crippen LogP contribution is -2.54. The summed E-state index contributed by atoms with van der Waals surface area (Å²) in [5.74, 6) is 0.735. The summed E-state index contributed by atoms with van der Waals surface area (Å²) in [6.07, 6.45) is 2.04. The van der Waals surface area contributed by atoms with E-state index in [1.54, 1.807) is 24.3 Å². The fourth-order valence-electron chi connectivity index (χ4n) is 3.08. The highest BCUT2D eigenvalue weighted by Crippen LogP contribution is 2.49. The molecule has 1 aromatic rings. The minimum absolute atomic E-state index is 0.0387. The zero-order valence-corrected chi connectivity index (χ0v) is 12.7. The molecule has 5 heteroatoms. The number of aryl methyl sites for hydroxylation is 1. The van der Waals surface area contributed by atoms with Gasteiger partial charge in [0.1, 0.15) is 0 Å². The normalized spacial score (nSPS) is 32.7. The zero-order valence-electron chi connectivity index (χ0n) is 11.8. The maximum absolute atomic E-state index is 12.1. The van der Waals surface area contributed by atoms with Crippen molar-refractivity contribution in [3.63, 3.8) is 0 Å². The van der Waals surface area contributed by atoms with E-state index < -0.39 is 10.1 Å². The van der Waals surface area contributed by atoms with Crippen molar-refractivity contribution in [3.8, 4) is 0 Å². The highest BCUT2D eigenvalue weighted by Gasteiger charge is 2.49. The van der Waals surface area contributed by atoms with Crippen molar-refractivity contribution < 1.29 is 17.3 Å². The van der Waals surface area contributed by atoms with E-state index in [1.807, 2.05) is 6.92 Å². The molecular weight excluding hydrogens is 276 g/mol. The van der Waals surface area contributed by atoms with Crippen LogP contribution in [0.5, 0.6) is 0 Å². The molecule has 2 bridgehead atoms. The molecule has 0 radical (unpaired) electrons. The Morgan fingerprint density at radius 2 is 1.95 bits per heavy atom. The standard InChI is InChI=1S/C15H20O4S/c1-11-3-5-14(6-4-11)20(16,17)19-10-13-9-18-15(2)7-12(13)8-15/h3-6,12-13H,7-10H2,1-2H3. The number of ether oxygens (including phenoxy) is 1. The first-order valence-corrected chi connectivity index (χ1v) is 8.39. The van der Waals surface area contributed by atoms with Crippen molar-refractivity contribution in [2.75, 3.05) is 13.2 Å². The third-order valence-corrected chi connectivity index (χ3v) is 5.74. The molecule has 1 aromatic carbocycles. The second-order valence-electron chi connectivity index (χ2n) is 6.24. The summed E-state index contributed by atoms with van der Waals surface area (Å²) in [5.41, 5.74) is 1.06. The third kappa shape index (κ3) is 2.62. The van der Waals surface area contributed by atoms with Crippen LogP contribution in [0.4, 0.5) is 0 Å². The molecule has 1 saturated carbocycles. The average molecular weight is 296 g/mol. The van der Waals surface area contributed by atoms with Crippen molar-refractivity contribution in [3.05, 3.63) is 29.8 Å². The van der Waals surface area contributed by atoms with Crippen LogP contribution in [0.15, 0.2) is 29.2 Å². The lowest BCUT2D eigenvalue weighted by molar-refractivity contribution is -0.200. The summed E-state index contributed by atoms with van der Waals surface area (Å²) in [4.78, 5) is 0.221. The maximum Gasteiger partial charge on any atom is 0.296 e. The van der Waals surface area contributed by atoms with Gasteiger partial charge in [-0.3, -0.25) is 4.18 Å². The molecule has 2 heterocycles. The molecule has 110 valence electrons. The molecule has 3 fully saturated rings. The summed E-state index contributed by atoms with van der Waals surface area (Å²) in [7, 11) is -3.65. The first-order valence-electron chi connectivity index (χ1n) is 6.98. The molecule has 2 saturated heterocycles. The van der Waals surface area contributed by atoms with Crippen LogP contribution in [0.3, 0.4) is 0 Å². The molecule has 0 aromatic heterocycles. The van der Waals surface area contributed by atoms with Gasteiger partial charge in [0, 0.05) is 5.92 Å². The Bertz CT molecular complexity index is 579. The third-order valence-electron chi connectivity index (χ3n) is 4.45. The minimum Gasteiger partial charge on any atom is -0.375 e. The minimum atomic E-state index is -3.65. The van der Waals surface area contributed by atoms with Gasteiger partial charge in [-0.15, -0.1) is 0 Å². The monoisotopic (exact) mass is 296 g/mol. The number of rotatable bonds is 4. The van der Waals surface area contributed by atoms with Crippen LogP contribution in [0.2, 0.25) is 0 Å². The number of hydrogen-bond donors (Lipinski definition) is 0.